The third-order valence-corrected chi connectivity index (χ3v) is 17.4. The van der Waals surface area contributed by atoms with E-state index in [9.17, 15) is 0 Å². The highest BCUT2D eigenvalue weighted by atomic mass is 14.7. The topological polar surface area (TPSA) is 25.8 Å². The number of pyridine rings is 2. The molecule has 0 aliphatic rings. The SMILES string of the molecule is C=Cc1ccc(/C=C/c2cc(CCCCCCCCCCCC)c(/C=C/c3ccc(/C=C/c4cc(CCCCCCCCCCCC)c(C=C)cc4CCCCCCCCCCCC)cn3)cc2CCCCCCCCCCCC)cn1. The van der Waals surface area contributed by atoms with Crippen LogP contribution < -0.4 is 0 Å². The lowest BCUT2D eigenvalue weighted by Crippen LogP contribution is -1.98. The Balaban J connectivity index is 1.53. The van der Waals surface area contributed by atoms with Gasteiger partial charge in [0.25, 0.3) is 0 Å². The zero-order valence-corrected chi connectivity index (χ0v) is 53.8. The molecule has 4 aromatic rings. The summed E-state index contributed by atoms with van der Waals surface area (Å²) in [6.45, 7) is 17.5. The molecular weight excluding hydrogens is 989 g/mol. The molecule has 2 aromatic heterocycles. The first kappa shape index (κ1) is 69.9. The summed E-state index contributed by atoms with van der Waals surface area (Å²) in [6, 6.07) is 18.7. The average Bonchev–Trinajstić information content (AvgIpc) is 3.60. The Hall–Kier alpha value is -4.56. The van der Waals surface area contributed by atoms with E-state index in [1.54, 1.807) is 0 Å². The summed E-state index contributed by atoms with van der Waals surface area (Å²) >= 11 is 0. The van der Waals surface area contributed by atoms with Gasteiger partial charge >= 0.3 is 0 Å². The van der Waals surface area contributed by atoms with Gasteiger partial charge in [-0.05, 0) is 131 Å². The molecule has 2 heteroatoms. The zero-order chi connectivity index (χ0) is 58.2. The standard InChI is InChI=1S/C80H122N2/c1-7-13-17-21-25-29-33-37-41-45-49-72-64-76(73(63-71(72)11-5)50-46-42-38-34-30-26-22-18-14-8-2)57-54-70-56-61-80(82-68-70)62-59-78-66-74(51-47-43-39-35-31-27-23-19-15-9-3)77(58-53-69-55-60-79(12-6)81-67-69)65-75(78)52-48-44-40-36-32-28-24-20-16-10-4/h11-12,53-68H,5-10,13-52H2,1-4H3/b57-54+,58-53+,62-59+. The minimum atomic E-state index is 0.913. The number of hydrogen-bond donors (Lipinski definition) is 0. The summed E-state index contributed by atoms with van der Waals surface area (Å²) in [5.74, 6) is 0. The fourth-order valence-electron chi connectivity index (χ4n) is 12.0. The van der Waals surface area contributed by atoms with E-state index in [-0.39, 0.29) is 0 Å². The van der Waals surface area contributed by atoms with Gasteiger partial charge in [-0.1, -0.05) is 345 Å². The highest BCUT2D eigenvalue weighted by Gasteiger charge is 2.11. The average molecular weight is 1110 g/mol. The van der Waals surface area contributed by atoms with Gasteiger partial charge in [-0.3, -0.25) is 9.97 Å². The smallest absolute Gasteiger partial charge is 0.0630 e. The Bertz CT molecular complexity index is 2300. The third kappa shape index (κ3) is 31.9. The van der Waals surface area contributed by atoms with Gasteiger partial charge in [0.2, 0.25) is 0 Å². The summed E-state index contributed by atoms with van der Waals surface area (Å²) in [6.07, 6.45) is 80.7. The van der Waals surface area contributed by atoms with Crippen molar-refractivity contribution in [3.8, 4) is 0 Å². The van der Waals surface area contributed by atoms with Gasteiger partial charge in [-0.2, -0.15) is 0 Å². The van der Waals surface area contributed by atoms with Crippen LogP contribution in [-0.2, 0) is 25.7 Å². The van der Waals surface area contributed by atoms with Crippen LogP contribution >= 0.6 is 0 Å². The first-order valence-corrected chi connectivity index (χ1v) is 35.0. The molecule has 0 radical (unpaired) electrons. The molecule has 0 fully saturated rings. The van der Waals surface area contributed by atoms with Crippen molar-refractivity contribution in [3.63, 3.8) is 0 Å². The third-order valence-electron chi connectivity index (χ3n) is 17.4. The Morgan fingerprint density at radius 1 is 0.268 bits per heavy atom. The lowest BCUT2D eigenvalue weighted by Gasteiger charge is -2.14. The van der Waals surface area contributed by atoms with Crippen LogP contribution in [0.3, 0.4) is 0 Å². The van der Waals surface area contributed by atoms with Crippen LogP contribution in [-0.4, -0.2) is 9.97 Å². The molecule has 0 saturated heterocycles. The first-order valence-electron chi connectivity index (χ1n) is 35.0. The van der Waals surface area contributed by atoms with Gasteiger partial charge in [-0.15, -0.1) is 0 Å². The quantitative estimate of drug-likeness (QED) is 0.0412. The number of aryl methyl sites for hydroxylation is 4. The Morgan fingerprint density at radius 3 is 0.793 bits per heavy atom. The molecule has 0 atom stereocenters. The molecule has 0 bridgehead atoms. The monoisotopic (exact) mass is 1110 g/mol. The lowest BCUT2D eigenvalue weighted by atomic mass is 9.91. The maximum Gasteiger partial charge on any atom is 0.0630 e. The second-order valence-electron chi connectivity index (χ2n) is 24.7. The van der Waals surface area contributed by atoms with Crippen molar-refractivity contribution in [1.29, 1.82) is 0 Å². The molecule has 0 spiro atoms. The van der Waals surface area contributed by atoms with Gasteiger partial charge in [0.15, 0.2) is 0 Å². The van der Waals surface area contributed by atoms with E-state index >= 15 is 0 Å². The molecule has 4 rings (SSSR count). The van der Waals surface area contributed by atoms with Crippen LogP contribution in [0.15, 0.2) is 74.1 Å². The minimum Gasteiger partial charge on any atom is -0.256 e. The van der Waals surface area contributed by atoms with E-state index in [2.05, 4.69) is 143 Å². The van der Waals surface area contributed by atoms with Gasteiger partial charge in [0.1, 0.15) is 0 Å². The number of hydrogen-bond acceptors (Lipinski definition) is 2. The van der Waals surface area contributed by atoms with Crippen molar-refractivity contribution in [1.82, 2.24) is 9.97 Å². The van der Waals surface area contributed by atoms with E-state index in [1.807, 2.05) is 12.3 Å². The van der Waals surface area contributed by atoms with Crippen LogP contribution in [0, 0.1) is 0 Å². The fourth-order valence-corrected chi connectivity index (χ4v) is 12.0. The maximum atomic E-state index is 5.07. The molecule has 2 nitrogen and oxygen atoms in total. The Kier molecular flexibility index (Phi) is 40.7. The Morgan fingerprint density at radius 2 is 0.524 bits per heavy atom. The van der Waals surface area contributed by atoms with E-state index in [4.69, 9.17) is 4.98 Å². The molecule has 452 valence electrons. The van der Waals surface area contributed by atoms with Gasteiger partial charge in [0.05, 0.1) is 11.4 Å². The predicted molar refractivity (Wildman–Crippen MR) is 371 cm³/mol. The van der Waals surface area contributed by atoms with E-state index in [0.717, 1.165) is 48.2 Å². The number of benzene rings is 2. The van der Waals surface area contributed by atoms with Gasteiger partial charge in [0, 0.05) is 12.4 Å². The van der Waals surface area contributed by atoms with E-state index in [1.165, 1.54) is 301 Å². The molecule has 0 N–H and O–H groups in total. The van der Waals surface area contributed by atoms with Crippen molar-refractivity contribution in [2.75, 3.05) is 0 Å². The van der Waals surface area contributed by atoms with Crippen molar-refractivity contribution < 1.29 is 0 Å². The summed E-state index contributed by atoms with van der Waals surface area (Å²) in [7, 11) is 0. The van der Waals surface area contributed by atoms with Crippen molar-refractivity contribution in [2.45, 2.75) is 310 Å². The molecule has 0 unspecified atom stereocenters. The Labute approximate surface area is 507 Å². The summed E-state index contributed by atoms with van der Waals surface area (Å²) in [5.41, 5.74) is 15.4. The van der Waals surface area contributed by atoms with Gasteiger partial charge < -0.3 is 0 Å². The van der Waals surface area contributed by atoms with Gasteiger partial charge in [-0.25, -0.2) is 0 Å². The maximum absolute atomic E-state index is 5.07. The van der Waals surface area contributed by atoms with Crippen LogP contribution in [0.2, 0.25) is 0 Å². The fraction of sp³-hybridized carbons (Fsp3) is 0.600. The summed E-state index contributed by atoms with van der Waals surface area (Å²) in [5, 5.41) is 0. The van der Waals surface area contributed by atoms with Crippen molar-refractivity contribution in [3.05, 3.63) is 141 Å². The molecule has 82 heavy (non-hydrogen) atoms. The normalized spacial score (nSPS) is 11.8. The number of nitrogens with zero attached hydrogens (tertiary/aromatic N) is 2. The van der Waals surface area contributed by atoms with E-state index < -0.39 is 0 Å². The summed E-state index contributed by atoms with van der Waals surface area (Å²) in [4.78, 5) is 9.69. The zero-order valence-electron chi connectivity index (χ0n) is 53.8. The van der Waals surface area contributed by atoms with Crippen LogP contribution in [0.1, 0.15) is 352 Å². The predicted octanol–water partition coefficient (Wildman–Crippen LogP) is 26.1. The highest BCUT2D eigenvalue weighted by Crippen LogP contribution is 2.28. The molecule has 0 aliphatic carbocycles. The second-order valence-corrected chi connectivity index (χ2v) is 24.7. The molecule has 2 heterocycles. The van der Waals surface area contributed by atoms with Crippen LogP contribution in [0.25, 0.3) is 48.6 Å². The van der Waals surface area contributed by atoms with E-state index in [0.29, 0.717) is 0 Å². The molecule has 0 amide bonds. The lowest BCUT2D eigenvalue weighted by molar-refractivity contribution is 0.555. The molecule has 0 saturated carbocycles. The highest BCUT2D eigenvalue weighted by molar-refractivity contribution is 5.77. The molecule has 0 aliphatic heterocycles. The largest absolute Gasteiger partial charge is 0.256 e. The minimum absolute atomic E-state index is 0.913. The van der Waals surface area contributed by atoms with Crippen LogP contribution in [0.5, 0.6) is 0 Å². The number of aromatic nitrogens is 2. The first-order chi connectivity index (χ1) is 40.5. The summed E-state index contributed by atoms with van der Waals surface area (Å²) < 4.78 is 0. The number of rotatable bonds is 52. The van der Waals surface area contributed by atoms with Crippen molar-refractivity contribution in [2.24, 2.45) is 0 Å². The van der Waals surface area contributed by atoms with Crippen molar-refractivity contribution >= 4 is 48.6 Å². The second kappa shape index (κ2) is 47.8. The molecule has 2 aromatic carbocycles. The van der Waals surface area contributed by atoms with Crippen LogP contribution in [0.4, 0.5) is 0 Å². The molecular formula is C80H122N2. The number of unbranched alkanes of at least 4 members (excludes halogenated alkanes) is 36.